The fraction of sp³-hybridized carbons (Fsp3) is 0.300. The molecular weight excluding hydrogens is 184 g/mol. The van der Waals surface area contributed by atoms with Crippen molar-refractivity contribution in [3.8, 4) is 0 Å². The normalized spacial score (nSPS) is 21.1. The lowest BCUT2D eigenvalue weighted by Crippen LogP contribution is -2.15. The summed E-state index contributed by atoms with van der Waals surface area (Å²) in [5.74, 6) is 0. The van der Waals surface area contributed by atoms with Gasteiger partial charge in [0.15, 0.2) is 0 Å². The first-order valence-corrected chi connectivity index (χ1v) is 4.65. The molecule has 1 aliphatic heterocycles. The van der Waals surface area contributed by atoms with Crippen LogP contribution in [0.3, 0.4) is 0 Å². The zero-order valence-electron chi connectivity index (χ0n) is 7.44. The van der Waals surface area contributed by atoms with Gasteiger partial charge in [0.05, 0.1) is 11.7 Å². The Morgan fingerprint density at radius 2 is 2.46 bits per heavy atom. The topological polar surface area (TPSA) is 16.1 Å². The number of aromatic nitrogens is 1. The van der Waals surface area contributed by atoms with Crippen molar-refractivity contribution in [2.75, 3.05) is 7.05 Å². The Hall–Kier alpha value is -1.02. The zero-order valence-corrected chi connectivity index (χ0v) is 8.20. The molecule has 1 aliphatic rings. The molecule has 1 unspecified atom stereocenters. The van der Waals surface area contributed by atoms with Gasteiger partial charge in [-0.2, -0.15) is 0 Å². The van der Waals surface area contributed by atoms with E-state index in [1.807, 2.05) is 6.07 Å². The van der Waals surface area contributed by atoms with Gasteiger partial charge in [-0.15, -0.1) is 0 Å². The molecular formula is C10H11ClN2. The van der Waals surface area contributed by atoms with E-state index in [-0.39, 0.29) is 0 Å². The number of halogens is 1. The Morgan fingerprint density at radius 3 is 3.08 bits per heavy atom. The average Bonchev–Trinajstić information content (AvgIpc) is 2.51. The van der Waals surface area contributed by atoms with Crippen molar-refractivity contribution < 1.29 is 0 Å². The number of hydrogen-bond acceptors (Lipinski definition) is 2. The van der Waals surface area contributed by atoms with E-state index < -0.39 is 0 Å². The fourth-order valence-electron chi connectivity index (χ4n) is 1.56. The lowest BCUT2D eigenvalue weighted by atomic mass is 10.1. The summed E-state index contributed by atoms with van der Waals surface area (Å²) in [5, 5.41) is 0.755. The largest absolute Gasteiger partial charge is 0.372 e. The molecule has 2 nitrogen and oxygen atoms in total. The van der Waals surface area contributed by atoms with E-state index in [1.165, 1.54) is 0 Å². The SMILES string of the molecule is CN1C=CCC1c1cc(Cl)ccn1. The highest BCUT2D eigenvalue weighted by Gasteiger charge is 2.18. The van der Waals surface area contributed by atoms with Crippen LogP contribution in [0, 0.1) is 0 Å². The molecule has 0 saturated heterocycles. The van der Waals surface area contributed by atoms with E-state index in [9.17, 15) is 0 Å². The first kappa shape index (κ1) is 8.57. The number of pyridine rings is 1. The molecule has 3 heteroatoms. The first-order valence-electron chi connectivity index (χ1n) is 4.27. The molecule has 68 valence electrons. The van der Waals surface area contributed by atoms with Crippen LogP contribution in [-0.2, 0) is 0 Å². The first-order chi connectivity index (χ1) is 6.27. The van der Waals surface area contributed by atoms with Crippen LogP contribution >= 0.6 is 11.6 Å². The second kappa shape index (κ2) is 3.38. The van der Waals surface area contributed by atoms with E-state index in [4.69, 9.17) is 11.6 Å². The average molecular weight is 195 g/mol. The van der Waals surface area contributed by atoms with Gasteiger partial charge in [-0.3, -0.25) is 4.98 Å². The predicted octanol–water partition coefficient (Wildman–Crippen LogP) is 2.63. The molecule has 0 radical (unpaired) electrons. The van der Waals surface area contributed by atoms with Crippen LogP contribution in [0.2, 0.25) is 5.02 Å². The Bertz CT molecular complexity index is 335. The van der Waals surface area contributed by atoms with Gasteiger partial charge in [-0.25, -0.2) is 0 Å². The van der Waals surface area contributed by atoms with E-state index in [2.05, 4.69) is 29.2 Å². The molecule has 1 atom stereocenters. The Morgan fingerprint density at radius 1 is 1.62 bits per heavy atom. The van der Waals surface area contributed by atoms with E-state index in [0.29, 0.717) is 6.04 Å². The summed E-state index contributed by atoms with van der Waals surface area (Å²) in [6.45, 7) is 0. The summed E-state index contributed by atoms with van der Waals surface area (Å²) in [6.07, 6.45) is 6.99. The fourth-order valence-corrected chi connectivity index (χ4v) is 1.73. The van der Waals surface area contributed by atoms with Gasteiger partial charge in [0.2, 0.25) is 0 Å². The van der Waals surface area contributed by atoms with Gasteiger partial charge in [-0.1, -0.05) is 17.7 Å². The minimum absolute atomic E-state index is 0.360. The van der Waals surface area contributed by atoms with Gasteiger partial charge in [0.1, 0.15) is 0 Å². The van der Waals surface area contributed by atoms with Crippen molar-refractivity contribution >= 4 is 11.6 Å². The van der Waals surface area contributed by atoms with Crippen molar-refractivity contribution in [1.29, 1.82) is 0 Å². The summed E-state index contributed by atoms with van der Waals surface area (Å²) in [4.78, 5) is 6.46. The summed E-state index contributed by atoms with van der Waals surface area (Å²) in [7, 11) is 2.05. The highest BCUT2D eigenvalue weighted by Crippen LogP contribution is 2.27. The van der Waals surface area contributed by atoms with Crippen LogP contribution in [0.4, 0.5) is 0 Å². The van der Waals surface area contributed by atoms with E-state index >= 15 is 0 Å². The van der Waals surface area contributed by atoms with Crippen LogP contribution < -0.4 is 0 Å². The quantitative estimate of drug-likeness (QED) is 0.683. The maximum atomic E-state index is 5.89. The zero-order chi connectivity index (χ0) is 9.26. The molecule has 0 N–H and O–H groups in total. The summed E-state index contributed by atoms with van der Waals surface area (Å²) in [5.41, 5.74) is 1.04. The molecule has 0 amide bonds. The summed E-state index contributed by atoms with van der Waals surface area (Å²) < 4.78 is 0. The lowest BCUT2D eigenvalue weighted by Gasteiger charge is -2.19. The second-order valence-corrected chi connectivity index (χ2v) is 3.64. The van der Waals surface area contributed by atoms with E-state index in [0.717, 1.165) is 17.1 Å². The Kier molecular flexibility index (Phi) is 2.23. The molecule has 2 heterocycles. The van der Waals surface area contributed by atoms with Gasteiger partial charge in [0.25, 0.3) is 0 Å². The van der Waals surface area contributed by atoms with E-state index in [1.54, 1.807) is 12.3 Å². The molecule has 0 spiro atoms. The van der Waals surface area contributed by atoms with Crippen LogP contribution in [0.15, 0.2) is 30.6 Å². The molecule has 0 aliphatic carbocycles. The van der Waals surface area contributed by atoms with Gasteiger partial charge in [-0.05, 0) is 24.8 Å². The van der Waals surface area contributed by atoms with Crippen molar-refractivity contribution in [3.05, 3.63) is 41.3 Å². The third-order valence-corrected chi connectivity index (χ3v) is 2.51. The molecule has 1 aromatic heterocycles. The molecule has 0 fully saturated rings. The van der Waals surface area contributed by atoms with Crippen molar-refractivity contribution in [2.24, 2.45) is 0 Å². The lowest BCUT2D eigenvalue weighted by molar-refractivity contribution is 0.360. The Balaban J connectivity index is 2.26. The standard InChI is InChI=1S/C10H11ClN2/c1-13-6-2-3-10(13)9-7-8(11)4-5-12-9/h2,4-7,10H,3H2,1H3. The minimum Gasteiger partial charge on any atom is -0.372 e. The minimum atomic E-state index is 0.360. The summed E-state index contributed by atoms with van der Waals surface area (Å²) >= 11 is 5.89. The molecule has 13 heavy (non-hydrogen) atoms. The summed E-state index contributed by atoms with van der Waals surface area (Å²) in [6, 6.07) is 4.09. The van der Waals surface area contributed by atoms with Crippen LogP contribution in [0.25, 0.3) is 0 Å². The molecule has 0 bridgehead atoms. The molecule has 0 aromatic carbocycles. The van der Waals surface area contributed by atoms with Gasteiger partial charge < -0.3 is 4.90 Å². The van der Waals surface area contributed by atoms with Crippen molar-refractivity contribution in [3.63, 3.8) is 0 Å². The van der Waals surface area contributed by atoms with Crippen LogP contribution in [0.5, 0.6) is 0 Å². The van der Waals surface area contributed by atoms with Crippen LogP contribution in [0.1, 0.15) is 18.2 Å². The highest BCUT2D eigenvalue weighted by molar-refractivity contribution is 6.30. The number of hydrogen-bond donors (Lipinski definition) is 0. The second-order valence-electron chi connectivity index (χ2n) is 3.20. The monoisotopic (exact) mass is 194 g/mol. The maximum absolute atomic E-state index is 5.89. The van der Waals surface area contributed by atoms with Gasteiger partial charge >= 0.3 is 0 Å². The molecule has 2 rings (SSSR count). The third-order valence-electron chi connectivity index (χ3n) is 2.28. The predicted molar refractivity (Wildman–Crippen MR) is 53.5 cm³/mol. The van der Waals surface area contributed by atoms with Crippen molar-refractivity contribution in [1.82, 2.24) is 9.88 Å². The Labute approximate surface area is 82.8 Å². The van der Waals surface area contributed by atoms with Gasteiger partial charge in [0, 0.05) is 18.3 Å². The molecule has 1 aromatic rings. The third kappa shape index (κ3) is 1.68. The molecule has 0 saturated carbocycles. The maximum Gasteiger partial charge on any atom is 0.0740 e. The number of nitrogens with zero attached hydrogens (tertiary/aromatic N) is 2. The number of rotatable bonds is 1. The smallest absolute Gasteiger partial charge is 0.0740 e. The highest BCUT2D eigenvalue weighted by atomic mass is 35.5. The van der Waals surface area contributed by atoms with Crippen LogP contribution in [-0.4, -0.2) is 16.9 Å². The van der Waals surface area contributed by atoms with Crippen molar-refractivity contribution in [2.45, 2.75) is 12.5 Å².